The third-order valence-corrected chi connectivity index (χ3v) is 2.93. The average molecular weight is 301 g/mol. The number of nitrogens with zero attached hydrogens (tertiary/aromatic N) is 3. The third kappa shape index (κ3) is 3.57. The SMILES string of the molecule is CN(C)C(=O)c1ccc(COc2cccnc2[N+](=O)[O-])cc1. The lowest BCUT2D eigenvalue weighted by Gasteiger charge is -2.11. The zero-order valence-electron chi connectivity index (χ0n) is 12.2. The minimum atomic E-state index is -0.589. The highest BCUT2D eigenvalue weighted by atomic mass is 16.6. The first kappa shape index (κ1) is 15.4. The molecule has 1 aromatic carbocycles. The van der Waals surface area contributed by atoms with Crippen molar-refractivity contribution in [2.24, 2.45) is 0 Å². The van der Waals surface area contributed by atoms with Gasteiger partial charge in [0.15, 0.2) is 0 Å². The molecule has 1 aromatic heterocycles. The molecular weight excluding hydrogens is 286 g/mol. The molecule has 2 rings (SSSR count). The second kappa shape index (κ2) is 6.66. The number of hydrogen-bond donors (Lipinski definition) is 0. The number of carbonyl (C=O) groups is 1. The second-order valence-corrected chi connectivity index (χ2v) is 4.77. The first-order valence-electron chi connectivity index (χ1n) is 6.52. The average Bonchev–Trinajstić information content (AvgIpc) is 2.52. The highest BCUT2D eigenvalue weighted by Gasteiger charge is 2.15. The molecule has 7 nitrogen and oxygen atoms in total. The van der Waals surface area contributed by atoms with Gasteiger partial charge < -0.3 is 19.8 Å². The standard InChI is InChI=1S/C15H15N3O4/c1-17(2)15(19)12-7-5-11(6-8-12)10-22-13-4-3-9-16-14(13)18(20)21/h3-9H,10H2,1-2H3. The van der Waals surface area contributed by atoms with E-state index in [1.54, 1.807) is 44.4 Å². The summed E-state index contributed by atoms with van der Waals surface area (Å²) in [5.41, 5.74) is 1.37. The molecule has 114 valence electrons. The van der Waals surface area contributed by atoms with Gasteiger partial charge in [-0.1, -0.05) is 12.1 Å². The van der Waals surface area contributed by atoms with E-state index < -0.39 is 4.92 Å². The van der Waals surface area contributed by atoms with Gasteiger partial charge in [-0.05, 0) is 39.7 Å². The summed E-state index contributed by atoms with van der Waals surface area (Å²) in [4.78, 5) is 27.2. The van der Waals surface area contributed by atoms with Crippen molar-refractivity contribution in [1.29, 1.82) is 0 Å². The predicted molar refractivity (Wildman–Crippen MR) is 79.7 cm³/mol. The van der Waals surface area contributed by atoms with Crippen LogP contribution in [0.3, 0.4) is 0 Å². The van der Waals surface area contributed by atoms with Crippen molar-refractivity contribution in [2.75, 3.05) is 14.1 Å². The maximum atomic E-state index is 11.8. The summed E-state index contributed by atoms with van der Waals surface area (Å²) in [7, 11) is 3.36. The lowest BCUT2D eigenvalue weighted by Crippen LogP contribution is -2.21. The molecule has 0 N–H and O–H groups in total. The van der Waals surface area contributed by atoms with Crippen LogP contribution >= 0.6 is 0 Å². The number of pyridine rings is 1. The Hall–Kier alpha value is -2.96. The fourth-order valence-electron chi connectivity index (χ4n) is 1.79. The monoisotopic (exact) mass is 301 g/mol. The molecule has 0 saturated heterocycles. The van der Waals surface area contributed by atoms with Gasteiger partial charge in [-0.2, -0.15) is 0 Å². The van der Waals surface area contributed by atoms with E-state index >= 15 is 0 Å². The Morgan fingerprint density at radius 3 is 2.55 bits per heavy atom. The molecule has 0 bridgehead atoms. The van der Waals surface area contributed by atoms with E-state index in [0.717, 1.165) is 5.56 Å². The molecule has 0 unspecified atom stereocenters. The molecule has 0 aliphatic carbocycles. The Kier molecular flexibility index (Phi) is 4.67. The number of nitro groups is 1. The fourth-order valence-corrected chi connectivity index (χ4v) is 1.79. The summed E-state index contributed by atoms with van der Waals surface area (Å²) in [6.45, 7) is 0.156. The molecule has 7 heteroatoms. The van der Waals surface area contributed by atoms with Crippen molar-refractivity contribution in [1.82, 2.24) is 9.88 Å². The lowest BCUT2D eigenvalue weighted by atomic mass is 10.1. The largest absolute Gasteiger partial charge is 0.481 e. The number of carbonyl (C=O) groups excluding carboxylic acids is 1. The molecule has 0 fully saturated rings. The highest BCUT2D eigenvalue weighted by Crippen LogP contribution is 2.23. The number of amides is 1. The zero-order chi connectivity index (χ0) is 16.1. The van der Waals surface area contributed by atoms with E-state index in [1.165, 1.54) is 17.2 Å². The van der Waals surface area contributed by atoms with Crippen LogP contribution in [-0.2, 0) is 6.61 Å². The van der Waals surface area contributed by atoms with Crippen LogP contribution in [0.4, 0.5) is 5.82 Å². The Balaban J connectivity index is 2.07. The van der Waals surface area contributed by atoms with Crippen molar-refractivity contribution >= 4 is 11.7 Å². The molecule has 0 spiro atoms. The Labute approximate surface area is 127 Å². The first-order valence-corrected chi connectivity index (χ1v) is 6.52. The van der Waals surface area contributed by atoms with Crippen LogP contribution in [0.5, 0.6) is 5.75 Å². The maximum absolute atomic E-state index is 11.8. The van der Waals surface area contributed by atoms with Gasteiger partial charge in [-0.25, -0.2) is 0 Å². The number of rotatable bonds is 5. The fraction of sp³-hybridized carbons (Fsp3) is 0.200. The Morgan fingerprint density at radius 1 is 1.27 bits per heavy atom. The summed E-state index contributed by atoms with van der Waals surface area (Å²) in [5.74, 6) is -0.293. The topological polar surface area (TPSA) is 85.6 Å². The van der Waals surface area contributed by atoms with Crippen LogP contribution in [0.1, 0.15) is 15.9 Å². The molecule has 0 radical (unpaired) electrons. The molecule has 2 aromatic rings. The van der Waals surface area contributed by atoms with E-state index in [4.69, 9.17) is 4.74 Å². The molecule has 0 aliphatic heterocycles. The van der Waals surface area contributed by atoms with E-state index in [1.807, 2.05) is 0 Å². The van der Waals surface area contributed by atoms with Gasteiger partial charge in [0.1, 0.15) is 12.8 Å². The van der Waals surface area contributed by atoms with Crippen molar-refractivity contribution in [2.45, 2.75) is 6.61 Å². The predicted octanol–water partition coefficient (Wildman–Crippen LogP) is 2.27. The van der Waals surface area contributed by atoms with E-state index in [9.17, 15) is 14.9 Å². The second-order valence-electron chi connectivity index (χ2n) is 4.77. The van der Waals surface area contributed by atoms with Crippen molar-refractivity contribution in [3.63, 3.8) is 0 Å². The Morgan fingerprint density at radius 2 is 1.95 bits per heavy atom. The van der Waals surface area contributed by atoms with Crippen LogP contribution in [-0.4, -0.2) is 34.8 Å². The van der Waals surface area contributed by atoms with Crippen LogP contribution < -0.4 is 4.74 Å². The highest BCUT2D eigenvalue weighted by molar-refractivity contribution is 5.93. The van der Waals surface area contributed by atoms with Gasteiger partial charge in [0.05, 0.1) is 0 Å². The molecular formula is C15H15N3O4. The van der Waals surface area contributed by atoms with Gasteiger partial charge in [-0.3, -0.25) is 4.79 Å². The number of benzene rings is 1. The smallest absolute Gasteiger partial charge is 0.406 e. The minimum Gasteiger partial charge on any atom is -0.481 e. The quantitative estimate of drug-likeness (QED) is 0.624. The first-order chi connectivity index (χ1) is 10.5. The lowest BCUT2D eigenvalue weighted by molar-refractivity contribution is -0.390. The third-order valence-electron chi connectivity index (χ3n) is 2.93. The molecule has 1 heterocycles. The summed E-state index contributed by atoms with van der Waals surface area (Å²) >= 11 is 0. The van der Waals surface area contributed by atoms with Crippen LogP contribution in [0, 0.1) is 10.1 Å². The normalized spacial score (nSPS) is 10.1. The summed E-state index contributed by atoms with van der Waals surface area (Å²) in [6, 6.07) is 9.95. The number of aromatic nitrogens is 1. The van der Waals surface area contributed by atoms with Crippen LogP contribution in [0.2, 0.25) is 0 Å². The van der Waals surface area contributed by atoms with Gasteiger partial charge in [-0.15, -0.1) is 0 Å². The van der Waals surface area contributed by atoms with E-state index in [-0.39, 0.29) is 24.1 Å². The maximum Gasteiger partial charge on any atom is 0.406 e. The van der Waals surface area contributed by atoms with Gasteiger partial charge in [0.2, 0.25) is 5.75 Å². The van der Waals surface area contributed by atoms with Crippen molar-refractivity contribution in [3.8, 4) is 5.75 Å². The van der Waals surface area contributed by atoms with Crippen molar-refractivity contribution in [3.05, 3.63) is 63.8 Å². The van der Waals surface area contributed by atoms with Crippen LogP contribution in [0.15, 0.2) is 42.6 Å². The number of ether oxygens (including phenoxy) is 1. The van der Waals surface area contributed by atoms with E-state index in [2.05, 4.69) is 4.98 Å². The Bertz CT molecular complexity index is 683. The summed E-state index contributed by atoms with van der Waals surface area (Å²) in [6.07, 6.45) is 1.34. The van der Waals surface area contributed by atoms with Crippen molar-refractivity contribution < 1.29 is 14.5 Å². The van der Waals surface area contributed by atoms with Gasteiger partial charge in [0, 0.05) is 19.7 Å². The summed E-state index contributed by atoms with van der Waals surface area (Å²) in [5, 5.41) is 10.8. The van der Waals surface area contributed by atoms with Gasteiger partial charge >= 0.3 is 5.82 Å². The molecule has 0 aliphatic rings. The summed E-state index contributed by atoms with van der Waals surface area (Å²) < 4.78 is 5.43. The number of hydrogen-bond acceptors (Lipinski definition) is 5. The molecule has 22 heavy (non-hydrogen) atoms. The van der Waals surface area contributed by atoms with Crippen LogP contribution in [0.25, 0.3) is 0 Å². The molecule has 0 saturated carbocycles. The zero-order valence-corrected chi connectivity index (χ0v) is 12.2. The molecule has 1 amide bonds. The van der Waals surface area contributed by atoms with Gasteiger partial charge in [0.25, 0.3) is 5.91 Å². The van der Waals surface area contributed by atoms with E-state index in [0.29, 0.717) is 5.56 Å². The molecule has 0 atom stereocenters. The minimum absolute atomic E-state index is 0.0876.